The molecule has 2 unspecified atom stereocenters. The molecule has 10 heteroatoms. The first-order chi connectivity index (χ1) is 14.8. The lowest BCUT2D eigenvalue weighted by Gasteiger charge is -2.30. The molecule has 0 aromatic carbocycles. The zero-order valence-corrected chi connectivity index (χ0v) is 23.1. The number of carboxylic acids is 2. The van der Waals surface area contributed by atoms with Crippen LogP contribution >= 0.6 is 0 Å². The van der Waals surface area contributed by atoms with Gasteiger partial charge >= 0.3 is 11.9 Å². The Labute approximate surface area is 205 Å². The molecule has 0 saturated carbocycles. The summed E-state index contributed by atoms with van der Waals surface area (Å²) < 4.78 is 0. The van der Waals surface area contributed by atoms with Crippen molar-refractivity contribution in [3.05, 3.63) is 0 Å². The molecule has 2 atom stereocenters. The molecule has 0 radical (unpaired) electrons. The van der Waals surface area contributed by atoms with Crippen LogP contribution in [0.3, 0.4) is 0 Å². The summed E-state index contributed by atoms with van der Waals surface area (Å²) in [5.74, 6) is -2.55. The number of aliphatic carboxylic acids is 2. The third-order valence-electron chi connectivity index (χ3n) is 3.61. The van der Waals surface area contributed by atoms with Crippen molar-refractivity contribution in [3.8, 4) is 0 Å². The molecule has 0 aromatic rings. The smallest absolute Gasteiger partial charge is 0.321 e. The summed E-state index contributed by atoms with van der Waals surface area (Å²) in [6.45, 7) is 22.4. The lowest BCUT2D eigenvalue weighted by atomic mass is 10.0. The molecule has 0 bridgehead atoms. The molecule has 0 aliphatic rings. The van der Waals surface area contributed by atoms with Gasteiger partial charge in [-0.3, -0.25) is 24.5 Å². The second-order valence-corrected chi connectivity index (χ2v) is 12.6. The highest BCUT2D eigenvalue weighted by Gasteiger charge is 2.29. The van der Waals surface area contributed by atoms with Crippen molar-refractivity contribution in [2.45, 2.75) is 130 Å². The highest BCUT2D eigenvalue weighted by atomic mass is 16.4. The fourth-order valence-corrected chi connectivity index (χ4v) is 2.74. The van der Waals surface area contributed by atoms with E-state index in [2.05, 4.69) is 21.3 Å². The Balaban J connectivity index is 0. The monoisotopic (exact) mass is 488 g/mol. The molecule has 6 N–H and O–H groups in total. The largest absolute Gasteiger partial charge is 0.481 e. The van der Waals surface area contributed by atoms with Gasteiger partial charge in [0.15, 0.2) is 0 Å². The number of carbonyl (C=O) groups is 4. The van der Waals surface area contributed by atoms with E-state index in [4.69, 9.17) is 10.2 Å². The molecule has 0 saturated heterocycles. The summed E-state index contributed by atoms with van der Waals surface area (Å²) in [4.78, 5) is 45.4. The third kappa shape index (κ3) is 21.6. The van der Waals surface area contributed by atoms with Crippen LogP contribution in [0.5, 0.6) is 0 Å². The van der Waals surface area contributed by atoms with Crippen molar-refractivity contribution in [2.24, 2.45) is 0 Å². The maximum atomic E-state index is 11.9. The zero-order chi connectivity index (χ0) is 27.7. The van der Waals surface area contributed by atoms with Crippen molar-refractivity contribution in [3.63, 3.8) is 0 Å². The maximum Gasteiger partial charge on any atom is 0.321 e. The number of amides is 2. The van der Waals surface area contributed by atoms with Crippen molar-refractivity contribution in [1.29, 1.82) is 0 Å². The summed E-state index contributed by atoms with van der Waals surface area (Å²) in [6, 6.07) is -1.58. The molecular weight excluding hydrogens is 440 g/mol. The number of carboxylic acid groups (broad SMARTS) is 2. The number of hydrogen-bond donors (Lipinski definition) is 6. The predicted molar refractivity (Wildman–Crippen MR) is 134 cm³/mol. The molecule has 0 aliphatic carbocycles. The number of hydrogen-bond acceptors (Lipinski definition) is 6. The Hall–Kier alpha value is -2.20. The lowest BCUT2D eigenvalue weighted by molar-refractivity contribution is -0.142. The molecule has 0 heterocycles. The molecule has 34 heavy (non-hydrogen) atoms. The average molecular weight is 489 g/mol. The minimum absolute atomic E-state index is 0.0656. The van der Waals surface area contributed by atoms with Crippen LogP contribution in [-0.4, -0.2) is 68.2 Å². The Morgan fingerprint density at radius 1 is 0.588 bits per heavy atom. The van der Waals surface area contributed by atoms with E-state index in [0.29, 0.717) is 0 Å². The number of nitrogens with one attached hydrogen (secondary N) is 4. The maximum absolute atomic E-state index is 11.9. The van der Waals surface area contributed by atoms with Crippen LogP contribution in [0.25, 0.3) is 0 Å². The highest BCUT2D eigenvalue weighted by Crippen LogP contribution is 2.08. The molecule has 200 valence electrons. The zero-order valence-electron chi connectivity index (χ0n) is 23.1. The van der Waals surface area contributed by atoms with Crippen molar-refractivity contribution in [1.82, 2.24) is 21.3 Å². The molecular formula is C24H48N4O6. The first-order valence-electron chi connectivity index (χ1n) is 11.4. The second kappa shape index (κ2) is 13.0. The van der Waals surface area contributed by atoms with Gasteiger partial charge in [0.05, 0.1) is 18.9 Å². The van der Waals surface area contributed by atoms with E-state index < -0.39 is 24.0 Å². The summed E-state index contributed by atoms with van der Waals surface area (Å²) in [7, 11) is 0. The minimum Gasteiger partial charge on any atom is -0.481 e. The van der Waals surface area contributed by atoms with Crippen molar-refractivity contribution < 1.29 is 29.4 Å². The van der Waals surface area contributed by atoms with Crippen molar-refractivity contribution in [2.75, 3.05) is 0 Å². The van der Waals surface area contributed by atoms with Crippen LogP contribution < -0.4 is 21.3 Å². The van der Waals surface area contributed by atoms with E-state index in [1.54, 1.807) is 0 Å². The molecule has 0 spiro atoms. The van der Waals surface area contributed by atoms with Crippen LogP contribution in [0.4, 0.5) is 0 Å². The summed E-state index contributed by atoms with van der Waals surface area (Å²) in [5, 5.41) is 29.3. The highest BCUT2D eigenvalue weighted by molar-refractivity contribution is 5.86. The summed E-state index contributed by atoms with van der Waals surface area (Å²) >= 11 is 0. The van der Waals surface area contributed by atoms with Gasteiger partial charge in [-0.2, -0.15) is 0 Å². The van der Waals surface area contributed by atoms with Gasteiger partial charge in [-0.15, -0.1) is 0 Å². The van der Waals surface area contributed by atoms with E-state index in [0.717, 1.165) is 0 Å². The van der Waals surface area contributed by atoms with Crippen LogP contribution in [-0.2, 0) is 19.2 Å². The summed E-state index contributed by atoms with van der Waals surface area (Å²) in [6.07, 6.45) is -0.289. The summed E-state index contributed by atoms with van der Waals surface area (Å²) in [5.41, 5.74) is -1.37. The minimum atomic E-state index is -1.01. The topological polar surface area (TPSA) is 157 Å². The Kier molecular flexibility index (Phi) is 13.0. The standard InChI is InChI=1S/2C12H24N2O3/c1-11(2,3)13-8(7-9(15)16)10(17)14-12(4,5)6;1-11(2,3)13-8(10(16)17)7-9(15)14-12(4,5)6/h8,13H,7H2,1-6H3,(H,14,17)(H,15,16);8,13H,7H2,1-6H3,(H,14,15)(H,16,17). The van der Waals surface area contributed by atoms with Gasteiger partial charge in [0.2, 0.25) is 11.8 Å². The fourth-order valence-electron chi connectivity index (χ4n) is 2.74. The SMILES string of the molecule is CC(C)(C)NC(=O)C(CC(=O)O)NC(C)(C)C.CC(C)(C)NC(=O)CC(NC(C)(C)C)C(=O)O. The number of rotatable bonds is 8. The Bertz CT molecular complexity index is 694. The molecule has 2 amide bonds. The van der Waals surface area contributed by atoms with E-state index in [1.165, 1.54) is 0 Å². The first kappa shape index (κ1) is 34.0. The van der Waals surface area contributed by atoms with Crippen LogP contribution in [0.1, 0.15) is 95.9 Å². The quantitative estimate of drug-likeness (QED) is 0.304. The van der Waals surface area contributed by atoms with Crippen molar-refractivity contribution >= 4 is 23.8 Å². The average Bonchev–Trinajstić information content (AvgIpc) is 2.47. The van der Waals surface area contributed by atoms with Gasteiger partial charge in [0.25, 0.3) is 0 Å². The Morgan fingerprint density at radius 2 is 0.971 bits per heavy atom. The molecule has 0 fully saturated rings. The lowest BCUT2D eigenvalue weighted by Crippen LogP contribution is -2.55. The second-order valence-electron chi connectivity index (χ2n) is 12.6. The van der Waals surface area contributed by atoms with E-state index in [-0.39, 0.29) is 46.8 Å². The van der Waals surface area contributed by atoms with E-state index >= 15 is 0 Å². The molecule has 0 aromatic heterocycles. The molecule has 0 rings (SSSR count). The van der Waals surface area contributed by atoms with Crippen LogP contribution in [0.2, 0.25) is 0 Å². The van der Waals surface area contributed by atoms with Gasteiger partial charge in [-0.25, -0.2) is 0 Å². The van der Waals surface area contributed by atoms with E-state index in [1.807, 2.05) is 83.1 Å². The Morgan fingerprint density at radius 3 is 1.26 bits per heavy atom. The van der Waals surface area contributed by atoms with Crippen LogP contribution in [0, 0.1) is 0 Å². The molecule has 10 nitrogen and oxygen atoms in total. The van der Waals surface area contributed by atoms with E-state index in [9.17, 15) is 19.2 Å². The van der Waals surface area contributed by atoms with Gasteiger partial charge in [-0.1, -0.05) is 0 Å². The van der Waals surface area contributed by atoms with Gasteiger partial charge in [-0.05, 0) is 83.1 Å². The first-order valence-corrected chi connectivity index (χ1v) is 11.4. The predicted octanol–water partition coefficient (Wildman–Crippen LogP) is 2.27. The third-order valence-corrected chi connectivity index (χ3v) is 3.61. The molecule has 0 aliphatic heterocycles. The van der Waals surface area contributed by atoms with Crippen LogP contribution in [0.15, 0.2) is 0 Å². The number of carbonyl (C=O) groups excluding carboxylic acids is 2. The fraction of sp³-hybridized carbons (Fsp3) is 0.833. The van der Waals surface area contributed by atoms with Gasteiger partial charge < -0.3 is 26.2 Å². The van der Waals surface area contributed by atoms with Gasteiger partial charge in [0.1, 0.15) is 6.04 Å². The van der Waals surface area contributed by atoms with Gasteiger partial charge in [0, 0.05) is 22.2 Å². The normalized spacial score (nSPS) is 14.2.